The maximum Gasteiger partial charge on any atom is 0.124 e. The molecular weight excluding hydrogens is 154 g/mol. The number of rotatable bonds is 4. The molecule has 0 aromatic rings. The number of hydrogen-bond acceptors (Lipinski definition) is 3. The van der Waals surface area contributed by atoms with E-state index in [0.29, 0.717) is 0 Å². The van der Waals surface area contributed by atoms with Crippen LogP contribution in [0.1, 0.15) is 19.8 Å². The molecule has 1 saturated carbocycles. The van der Waals surface area contributed by atoms with Crippen LogP contribution in [0.3, 0.4) is 0 Å². The lowest BCUT2D eigenvalue weighted by molar-refractivity contribution is -0.0522. The largest absolute Gasteiger partial charge is 0.377 e. The summed E-state index contributed by atoms with van der Waals surface area (Å²) in [6.07, 6.45) is 2.01. The maximum absolute atomic E-state index is 8.65. The molecule has 10 heavy (non-hydrogen) atoms. The summed E-state index contributed by atoms with van der Waals surface area (Å²) in [4.78, 5) is 4.92. The quantitative estimate of drug-likeness (QED) is 0.478. The zero-order chi connectivity index (χ0) is 6.69. The highest BCUT2D eigenvalue weighted by atomic mass is 35.5. The zero-order valence-corrected chi connectivity index (χ0v) is 6.86. The molecule has 0 bridgehead atoms. The van der Waals surface area contributed by atoms with E-state index >= 15 is 0 Å². The lowest BCUT2D eigenvalue weighted by Gasteiger charge is -2.05. The molecule has 0 radical (unpaired) electrons. The first-order valence-electron chi connectivity index (χ1n) is 3.34. The second-order valence-corrected chi connectivity index (χ2v) is 2.55. The topological polar surface area (TPSA) is 41.5 Å². The molecule has 0 spiro atoms. The van der Waals surface area contributed by atoms with Crippen molar-refractivity contribution in [2.24, 2.45) is 5.92 Å². The first-order chi connectivity index (χ1) is 4.29. The molecular formula is C6H14ClNO2. The molecule has 1 aliphatic rings. The summed E-state index contributed by atoms with van der Waals surface area (Å²) in [6.45, 7) is 2.37. The van der Waals surface area contributed by atoms with Gasteiger partial charge in [0.15, 0.2) is 0 Å². The van der Waals surface area contributed by atoms with E-state index in [-0.39, 0.29) is 12.4 Å². The van der Waals surface area contributed by atoms with E-state index in [2.05, 4.69) is 5.48 Å². The maximum atomic E-state index is 8.65. The number of nitrogens with one attached hydrogen (secondary N) is 1. The second kappa shape index (κ2) is 4.91. The molecule has 0 aliphatic heterocycles. The third-order valence-electron chi connectivity index (χ3n) is 1.27. The molecule has 0 aromatic heterocycles. The molecule has 4 heteroatoms. The minimum absolute atomic E-state index is 0. The van der Waals surface area contributed by atoms with Crippen LogP contribution < -0.4 is 5.48 Å². The molecule has 1 aliphatic carbocycles. The minimum Gasteiger partial charge on any atom is -0.377 e. The van der Waals surface area contributed by atoms with E-state index in [0.717, 1.165) is 12.5 Å². The first kappa shape index (κ1) is 10.2. The van der Waals surface area contributed by atoms with Gasteiger partial charge >= 0.3 is 0 Å². The van der Waals surface area contributed by atoms with Gasteiger partial charge in [0, 0.05) is 0 Å². The van der Waals surface area contributed by atoms with Gasteiger partial charge < -0.3 is 5.11 Å². The van der Waals surface area contributed by atoms with Crippen LogP contribution in [0.4, 0.5) is 0 Å². The van der Waals surface area contributed by atoms with E-state index < -0.39 is 6.23 Å². The summed E-state index contributed by atoms with van der Waals surface area (Å²) in [7, 11) is 0. The van der Waals surface area contributed by atoms with Gasteiger partial charge in [-0.05, 0) is 25.7 Å². The molecule has 62 valence electrons. The van der Waals surface area contributed by atoms with Gasteiger partial charge in [0.2, 0.25) is 0 Å². The van der Waals surface area contributed by atoms with Crippen molar-refractivity contribution < 1.29 is 9.94 Å². The standard InChI is InChI=1S/C6H13NO2.ClH/c1-5(8)7-9-4-6-2-3-6;/h5-8H,2-4H2,1H3;1H. The van der Waals surface area contributed by atoms with Gasteiger partial charge in [0.25, 0.3) is 0 Å². The summed E-state index contributed by atoms with van der Waals surface area (Å²) >= 11 is 0. The smallest absolute Gasteiger partial charge is 0.124 e. The van der Waals surface area contributed by atoms with Gasteiger partial charge in [-0.25, -0.2) is 0 Å². The van der Waals surface area contributed by atoms with Crippen molar-refractivity contribution >= 4 is 12.4 Å². The average molecular weight is 168 g/mol. The highest BCUT2D eigenvalue weighted by Gasteiger charge is 2.21. The lowest BCUT2D eigenvalue weighted by Crippen LogP contribution is -2.26. The normalized spacial score (nSPS) is 19.8. The third-order valence-corrected chi connectivity index (χ3v) is 1.27. The van der Waals surface area contributed by atoms with Crippen LogP contribution in [0.25, 0.3) is 0 Å². The van der Waals surface area contributed by atoms with Crippen molar-refractivity contribution in [3.8, 4) is 0 Å². The second-order valence-electron chi connectivity index (χ2n) is 2.55. The highest BCUT2D eigenvalue weighted by molar-refractivity contribution is 5.85. The van der Waals surface area contributed by atoms with Gasteiger partial charge in [0.05, 0.1) is 6.61 Å². The van der Waals surface area contributed by atoms with Gasteiger partial charge in [-0.1, -0.05) is 0 Å². The predicted molar refractivity (Wildman–Crippen MR) is 40.7 cm³/mol. The Kier molecular flexibility index (Phi) is 4.99. The Morgan fingerprint density at radius 1 is 1.70 bits per heavy atom. The lowest BCUT2D eigenvalue weighted by atomic mass is 10.5. The molecule has 0 aromatic carbocycles. The van der Waals surface area contributed by atoms with Crippen LogP contribution in [0.5, 0.6) is 0 Å². The molecule has 1 unspecified atom stereocenters. The minimum atomic E-state index is -0.552. The van der Waals surface area contributed by atoms with Crippen molar-refractivity contribution in [3.63, 3.8) is 0 Å². The molecule has 1 rings (SSSR count). The van der Waals surface area contributed by atoms with E-state index in [1.165, 1.54) is 12.8 Å². The number of aliphatic hydroxyl groups excluding tert-OH is 1. The van der Waals surface area contributed by atoms with Crippen LogP contribution in [0.15, 0.2) is 0 Å². The van der Waals surface area contributed by atoms with Crippen LogP contribution in [-0.2, 0) is 4.84 Å². The Bertz CT molecular complexity index is 83.8. The first-order valence-corrected chi connectivity index (χ1v) is 3.34. The molecule has 0 heterocycles. The highest BCUT2D eigenvalue weighted by Crippen LogP contribution is 2.28. The van der Waals surface area contributed by atoms with Crippen molar-refractivity contribution in [2.45, 2.75) is 26.0 Å². The summed E-state index contributed by atoms with van der Waals surface area (Å²) in [5.74, 6) is 0.747. The van der Waals surface area contributed by atoms with E-state index in [1.807, 2.05) is 0 Å². The Labute approximate surface area is 67.1 Å². The number of halogens is 1. The monoisotopic (exact) mass is 167 g/mol. The SMILES string of the molecule is CC(O)NOCC1CC1.Cl. The van der Waals surface area contributed by atoms with Crippen molar-refractivity contribution in [3.05, 3.63) is 0 Å². The Hall–Kier alpha value is 0.170. The Morgan fingerprint density at radius 3 is 2.70 bits per heavy atom. The Balaban J connectivity index is 0.000000810. The molecule has 1 atom stereocenters. The number of hydroxylamine groups is 1. The van der Waals surface area contributed by atoms with Crippen molar-refractivity contribution in [1.82, 2.24) is 5.48 Å². The number of aliphatic hydroxyl groups is 1. The van der Waals surface area contributed by atoms with Gasteiger partial charge in [-0.15, -0.1) is 12.4 Å². The van der Waals surface area contributed by atoms with Gasteiger partial charge in [0.1, 0.15) is 6.23 Å². The van der Waals surface area contributed by atoms with Crippen molar-refractivity contribution in [2.75, 3.05) is 6.61 Å². The predicted octanol–water partition coefficient (Wildman–Crippen LogP) is 0.678. The van der Waals surface area contributed by atoms with Gasteiger partial charge in [-0.3, -0.25) is 4.84 Å². The summed E-state index contributed by atoms with van der Waals surface area (Å²) in [5, 5.41) is 8.65. The summed E-state index contributed by atoms with van der Waals surface area (Å²) in [5.41, 5.74) is 2.47. The average Bonchev–Trinajstić information content (AvgIpc) is 2.48. The fourth-order valence-corrected chi connectivity index (χ4v) is 0.571. The molecule has 0 saturated heterocycles. The van der Waals surface area contributed by atoms with Crippen LogP contribution in [0, 0.1) is 5.92 Å². The molecule has 0 amide bonds. The van der Waals surface area contributed by atoms with Crippen molar-refractivity contribution in [1.29, 1.82) is 0 Å². The Morgan fingerprint density at radius 2 is 2.30 bits per heavy atom. The summed E-state index contributed by atoms with van der Waals surface area (Å²) < 4.78 is 0. The van der Waals surface area contributed by atoms with E-state index in [4.69, 9.17) is 9.94 Å². The van der Waals surface area contributed by atoms with Gasteiger partial charge in [-0.2, -0.15) is 5.48 Å². The third kappa shape index (κ3) is 4.99. The summed E-state index contributed by atoms with van der Waals surface area (Å²) in [6, 6.07) is 0. The van der Waals surface area contributed by atoms with Crippen LogP contribution >= 0.6 is 12.4 Å². The molecule has 3 nitrogen and oxygen atoms in total. The van der Waals surface area contributed by atoms with E-state index in [1.54, 1.807) is 6.92 Å². The fraction of sp³-hybridized carbons (Fsp3) is 1.00. The number of hydrogen-bond donors (Lipinski definition) is 2. The molecule has 2 N–H and O–H groups in total. The van der Waals surface area contributed by atoms with E-state index in [9.17, 15) is 0 Å². The van der Waals surface area contributed by atoms with Crippen LogP contribution in [0.2, 0.25) is 0 Å². The zero-order valence-electron chi connectivity index (χ0n) is 6.04. The van der Waals surface area contributed by atoms with Crippen LogP contribution in [-0.4, -0.2) is 17.9 Å². The fourth-order valence-electron chi connectivity index (χ4n) is 0.571. The molecule has 1 fully saturated rings.